The van der Waals surface area contributed by atoms with Crippen LogP contribution in [0.25, 0.3) is 0 Å². The minimum Gasteiger partial charge on any atom is -0.292 e. The number of Topliss-reactive ketones (excluding diaryl/α,β-unsaturated/α-hetero) is 1. The van der Waals surface area contributed by atoms with Crippen molar-refractivity contribution >= 4 is 63.2 Å². The van der Waals surface area contributed by atoms with Crippen LogP contribution < -0.4 is 0 Å². The van der Waals surface area contributed by atoms with Gasteiger partial charge in [0.1, 0.15) is 4.34 Å². The molecule has 1 aliphatic heterocycles. The molecule has 1 fully saturated rings. The average molecular weight is 310 g/mol. The minimum atomic E-state index is -0.402. The maximum absolute atomic E-state index is 11.8. The van der Waals surface area contributed by atoms with Crippen LogP contribution in [0.5, 0.6) is 0 Å². The molecular weight excluding hydrogens is 305 g/mol. The van der Waals surface area contributed by atoms with E-state index >= 15 is 0 Å². The van der Waals surface area contributed by atoms with Crippen LogP contribution in [0.2, 0.25) is 8.67 Å². The van der Waals surface area contributed by atoms with E-state index < -0.39 is 5.24 Å². The molecular formula is C9H5Cl2NO3S2. The second-order valence-electron chi connectivity index (χ2n) is 3.20. The first-order valence-corrected chi connectivity index (χ1v) is 7.00. The van der Waals surface area contributed by atoms with Crippen molar-refractivity contribution in [3.05, 3.63) is 20.3 Å². The molecule has 0 spiro atoms. The number of ketones is 1. The Kier molecular flexibility index (Phi) is 3.77. The van der Waals surface area contributed by atoms with Crippen LogP contribution >= 0.6 is 46.3 Å². The zero-order chi connectivity index (χ0) is 12.6. The summed E-state index contributed by atoms with van der Waals surface area (Å²) in [7, 11) is 0. The van der Waals surface area contributed by atoms with Crippen molar-refractivity contribution in [1.82, 2.24) is 4.90 Å². The Bertz CT molecular complexity index is 498. The van der Waals surface area contributed by atoms with E-state index in [1.165, 1.54) is 6.07 Å². The summed E-state index contributed by atoms with van der Waals surface area (Å²) < 4.78 is 0.665. The molecule has 17 heavy (non-hydrogen) atoms. The number of hydrogen-bond donors (Lipinski definition) is 0. The van der Waals surface area contributed by atoms with E-state index in [9.17, 15) is 14.4 Å². The number of halogens is 2. The molecule has 0 N–H and O–H groups in total. The molecule has 1 aromatic heterocycles. The van der Waals surface area contributed by atoms with E-state index in [1.807, 2.05) is 0 Å². The molecule has 2 amide bonds. The second-order valence-corrected chi connectivity index (χ2v) is 6.41. The standard InChI is InChI=1S/C9H5Cl2NO3S2/c10-6-1-4(8(11)17-6)5(13)2-12-7(14)3-16-9(12)15/h1H,2-3H2. The van der Waals surface area contributed by atoms with Crippen LogP contribution in [0, 0.1) is 0 Å². The fraction of sp³-hybridized carbons (Fsp3) is 0.222. The highest BCUT2D eigenvalue weighted by molar-refractivity contribution is 8.14. The maximum Gasteiger partial charge on any atom is 0.289 e. The van der Waals surface area contributed by atoms with Crippen molar-refractivity contribution < 1.29 is 14.4 Å². The van der Waals surface area contributed by atoms with Crippen LogP contribution in [0.3, 0.4) is 0 Å². The summed E-state index contributed by atoms with van der Waals surface area (Å²) in [5, 5.41) is -0.402. The molecule has 2 heterocycles. The van der Waals surface area contributed by atoms with Crippen LogP contribution in [-0.4, -0.2) is 34.1 Å². The number of thiophene rings is 1. The summed E-state index contributed by atoms with van der Waals surface area (Å²) in [6, 6.07) is 1.44. The van der Waals surface area contributed by atoms with Gasteiger partial charge in [0.2, 0.25) is 5.91 Å². The van der Waals surface area contributed by atoms with Crippen LogP contribution in [0.1, 0.15) is 10.4 Å². The number of thioether (sulfide) groups is 1. The summed E-state index contributed by atoms with van der Waals surface area (Å²) in [5.41, 5.74) is 0.249. The molecule has 2 rings (SSSR count). The third-order valence-electron chi connectivity index (χ3n) is 2.10. The van der Waals surface area contributed by atoms with Crippen LogP contribution in [0.4, 0.5) is 4.79 Å². The van der Waals surface area contributed by atoms with E-state index in [1.54, 1.807) is 0 Å². The van der Waals surface area contributed by atoms with Gasteiger partial charge in [-0.05, 0) is 6.07 Å². The number of carbonyl (C=O) groups is 3. The zero-order valence-corrected chi connectivity index (χ0v) is 11.4. The highest BCUT2D eigenvalue weighted by Gasteiger charge is 2.32. The Morgan fingerprint density at radius 2 is 2.12 bits per heavy atom. The predicted octanol–water partition coefficient (Wildman–Crippen LogP) is 2.93. The molecule has 1 saturated heterocycles. The summed E-state index contributed by atoms with van der Waals surface area (Å²) >= 11 is 13.5. The average Bonchev–Trinajstić information content (AvgIpc) is 2.74. The van der Waals surface area contributed by atoms with Gasteiger partial charge in [-0.2, -0.15) is 0 Å². The zero-order valence-electron chi connectivity index (χ0n) is 8.24. The molecule has 1 aromatic rings. The molecule has 90 valence electrons. The van der Waals surface area contributed by atoms with Gasteiger partial charge >= 0.3 is 0 Å². The van der Waals surface area contributed by atoms with Crippen molar-refractivity contribution in [2.45, 2.75) is 0 Å². The molecule has 0 saturated carbocycles. The Hall–Kier alpha value is -0.560. The quantitative estimate of drug-likeness (QED) is 0.806. The Morgan fingerprint density at radius 3 is 2.59 bits per heavy atom. The summed E-state index contributed by atoms with van der Waals surface area (Å²) in [6.07, 6.45) is 0. The predicted molar refractivity (Wildman–Crippen MR) is 68.2 cm³/mol. The van der Waals surface area contributed by atoms with Crippen LogP contribution in [0.15, 0.2) is 6.07 Å². The van der Waals surface area contributed by atoms with E-state index in [0.717, 1.165) is 28.0 Å². The monoisotopic (exact) mass is 309 g/mol. The first-order valence-electron chi connectivity index (χ1n) is 4.44. The third-order valence-corrected chi connectivity index (χ3v) is 4.45. The normalized spacial score (nSPS) is 15.8. The van der Waals surface area contributed by atoms with Crippen LogP contribution in [-0.2, 0) is 4.79 Å². The minimum absolute atomic E-state index is 0.0875. The van der Waals surface area contributed by atoms with Gasteiger partial charge in [0.25, 0.3) is 5.24 Å². The molecule has 8 heteroatoms. The number of hydrogen-bond acceptors (Lipinski definition) is 5. The first kappa shape index (κ1) is 12.9. The van der Waals surface area contributed by atoms with Crippen molar-refractivity contribution in [2.75, 3.05) is 12.3 Å². The first-order chi connectivity index (χ1) is 7.99. The highest BCUT2D eigenvalue weighted by atomic mass is 35.5. The van der Waals surface area contributed by atoms with Gasteiger partial charge in [0.15, 0.2) is 5.78 Å². The molecule has 0 atom stereocenters. The van der Waals surface area contributed by atoms with Crippen molar-refractivity contribution in [1.29, 1.82) is 0 Å². The van der Waals surface area contributed by atoms with Gasteiger partial charge in [-0.1, -0.05) is 35.0 Å². The SMILES string of the molecule is O=C(CN1C(=O)CSC1=O)c1cc(Cl)sc1Cl. The largest absolute Gasteiger partial charge is 0.292 e. The van der Waals surface area contributed by atoms with Gasteiger partial charge in [-0.15, -0.1) is 11.3 Å². The molecule has 0 radical (unpaired) electrons. The fourth-order valence-electron chi connectivity index (χ4n) is 1.29. The highest BCUT2D eigenvalue weighted by Crippen LogP contribution is 2.32. The topological polar surface area (TPSA) is 54.5 Å². The van der Waals surface area contributed by atoms with Gasteiger partial charge in [-0.25, -0.2) is 0 Å². The summed E-state index contributed by atoms with van der Waals surface area (Å²) in [5.74, 6) is -0.655. The Morgan fingerprint density at radius 1 is 1.41 bits per heavy atom. The lowest BCUT2D eigenvalue weighted by molar-refractivity contribution is -0.124. The van der Waals surface area contributed by atoms with E-state index in [-0.39, 0.29) is 33.9 Å². The lowest BCUT2D eigenvalue weighted by atomic mass is 10.2. The third kappa shape index (κ3) is 2.65. The lowest BCUT2D eigenvalue weighted by Gasteiger charge is -2.10. The van der Waals surface area contributed by atoms with Crippen molar-refractivity contribution in [3.8, 4) is 0 Å². The molecule has 1 aliphatic rings. The van der Waals surface area contributed by atoms with E-state index in [0.29, 0.717) is 4.34 Å². The van der Waals surface area contributed by atoms with Crippen molar-refractivity contribution in [3.63, 3.8) is 0 Å². The van der Waals surface area contributed by atoms with E-state index in [4.69, 9.17) is 23.2 Å². The lowest BCUT2D eigenvalue weighted by Crippen LogP contribution is -2.33. The van der Waals surface area contributed by atoms with Gasteiger partial charge in [0.05, 0.1) is 22.2 Å². The number of carbonyl (C=O) groups excluding carboxylic acids is 3. The molecule has 0 aliphatic carbocycles. The number of nitrogens with zero attached hydrogens (tertiary/aromatic N) is 1. The number of imide groups is 1. The van der Waals surface area contributed by atoms with Gasteiger partial charge in [0, 0.05) is 0 Å². The van der Waals surface area contributed by atoms with E-state index in [2.05, 4.69) is 0 Å². The smallest absolute Gasteiger partial charge is 0.289 e. The molecule has 0 unspecified atom stereocenters. The maximum atomic E-state index is 11.8. The summed E-state index contributed by atoms with van der Waals surface area (Å²) in [4.78, 5) is 35.4. The number of amides is 2. The van der Waals surface area contributed by atoms with Gasteiger partial charge in [-0.3, -0.25) is 19.3 Å². The summed E-state index contributed by atoms with van der Waals surface area (Å²) in [6.45, 7) is -0.280. The Balaban J connectivity index is 2.14. The van der Waals surface area contributed by atoms with Crippen molar-refractivity contribution in [2.24, 2.45) is 0 Å². The fourth-order valence-corrected chi connectivity index (χ4v) is 3.52. The molecule has 0 bridgehead atoms. The van der Waals surface area contributed by atoms with Gasteiger partial charge < -0.3 is 0 Å². The Labute approximate surface area is 115 Å². The second kappa shape index (κ2) is 4.97. The molecule has 4 nitrogen and oxygen atoms in total. The molecule has 0 aromatic carbocycles. The number of rotatable bonds is 3.